The number of carbonyl (C=O) groups is 2. The third-order valence-electron chi connectivity index (χ3n) is 9.76. The second kappa shape index (κ2) is 7.02. The molecule has 0 aromatic heterocycles. The van der Waals surface area contributed by atoms with Gasteiger partial charge >= 0.3 is 5.97 Å². The summed E-state index contributed by atoms with van der Waals surface area (Å²) in [5.41, 5.74) is 0.468. The lowest BCUT2D eigenvalue weighted by atomic mass is 9.44. The summed E-state index contributed by atoms with van der Waals surface area (Å²) in [6, 6.07) is 0.213. The summed E-state index contributed by atoms with van der Waals surface area (Å²) in [6.07, 6.45) is 9.90. The van der Waals surface area contributed by atoms with Crippen LogP contribution >= 0.6 is 0 Å². The van der Waals surface area contributed by atoms with Gasteiger partial charge in [0.25, 0.3) is 0 Å². The molecule has 0 aromatic carbocycles. The maximum Gasteiger partial charge on any atom is 0.306 e. The monoisotopic (exact) mass is 389 g/mol. The third kappa shape index (κ3) is 3.01. The quantitative estimate of drug-likeness (QED) is 0.723. The predicted molar refractivity (Wildman–Crippen MR) is 110 cm³/mol. The summed E-state index contributed by atoms with van der Waals surface area (Å²) in [5, 5.41) is 12.7. The number of rotatable bonds is 3. The molecule has 0 heterocycles. The Labute approximate surface area is 170 Å². The summed E-state index contributed by atoms with van der Waals surface area (Å²) < 4.78 is 0. The van der Waals surface area contributed by atoms with E-state index in [1.807, 2.05) is 0 Å². The number of carbonyl (C=O) groups excluding carboxylic acids is 1. The van der Waals surface area contributed by atoms with Crippen LogP contribution in [0.15, 0.2) is 0 Å². The van der Waals surface area contributed by atoms with Crippen molar-refractivity contribution in [1.29, 1.82) is 0 Å². The van der Waals surface area contributed by atoms with E-state index in [9.17, 15) is 14.7 Å². The fraction of sp³-hybridized carbons (Fsp3) is 0.917. The topological polar surface area (TPSA) is 66.4 Å². The first-order chi connectivity index (χ1) is 13.2. The number of carboxylic acids is 1. The van der Waals surface area contributed by atoms with Gasteiger partial charge in [-0.3, -0.25) is 9.59 Å². The molecule has 8 atom stereocenters. The largest absolute Gasteiger partial charge is 0.481 e. The highest BCUT2D eigenvalue weighted by Crippen LogP contribution is 2.67. The predicted octanol–water partition coefficient (Wildman–Crippen LogP) is 4.87. The number of hydrogen-bond acceptors (Lipinski definition) is 2. The highest BCUT2D eigenvalue weighted by atomic mass is 16.4. The first-order valence-electron chi connectivity index (χ1n) is 11.7. The van der Waals surface area contributed by atoms with E-state index in [1.165, 1.54) is 32.1 Å². The number of fused-ring (bicyclic) bond motifs is 5. The molecule has 4 aliphatic rings. The maximum absolute atomic E-state index is 12.9. The molecule has 0 unspecified atom stereocenters. The van der Waals surface area contributed by atoms with Gasteiger partial charge in [0, 0.05) is 12.0 Å². The zero-order valence-electron chi connectivity index (χ0n) is 18.2. The van der Waals surface area contributed by atoms with Crippen LogP contribution in [0.2, 0.25) is 0 Å². The van der Waals surface area contributed by atoms with Gasteiger partial charge in [-0.2, -0.15) is 0 Å². The minimum Gasteiger partial charge on any atom is -0.481 e. The molecule has 0 aliphatic heterocycles. The first-order valence-corrected chi connectivity index (χ1v) is 11.7. The van der Waals surface area contributed by atoms with Crippen LogP contribution in [-0.2, 0) is 9.59 Å². The average Bonchev–Trinajstić information content (AvgIpc) is 2.97. The Bertz CT molecular complexity index is 646. The molecule has 4 heteroatoms. The van der Waals surface area contributed by atoms with Crippen LogP contribution in [0.1, 0.15) is 85.5 Å². The van der Waals surface area contributed by atoms with E-state index in [4.69, 9.17) is 0 Å². The van der Waals surface area contributed by atoms with Gasteiger partial charge in [-0.25, -0.2) is 0 Å². The van der Waals surface area contributed by atoms with Crippen LogP contribution in [0.5, 0.6) is 0 Å². The van der Waals surface area contributed by atoms with Crippen molar-refractivity contribution in [3.05, 3.63) is 0 Å². The molecular formula is C24H39NO3. The van der Waals surface area contributed by atoms with Gasteiger partial charge in [0.15, 0.2) is 0 Å². The molecule has 4 aliphatic carbocycles. The molecule has 4 saturated carbocycles. The molecule has 0 saturated heterocycles. The number of carboxylic acid groups (broad SMARTS) is 1. The SMILES string of the molecule is CC(C)NC(=O)[C@H]1CC[C@H]2[C@@H]3CC[C@H]4C[C@@H](C(=O)O)CC[C@]4(C)[C@H]3CC[C@]12C. The second-order valence-corrected chi connectivity index (χ2v) is 11.3. The summed E-state index contributed by atoms with van der Waals surface area (Å²) in [5.74, 6) is 2.45. The van der Waals surface area contributed by atoms with Gasteiger partial charge in [0.1, 0.15) is 0 Å². The van der Waals surface area contributed by atoms with E-state index in [1.54, 1.807) is 0 Å². The summed E-state index contributed by atoms with van der Waals surface area (Å²) in [7, 11) is 0. The lowest BCUT2D eigenvalue weighted by Crippen LogP contribution is -2.54. The van der Waals surface area contributed by atoms with Crippen molar-refractivity contribution in [2.75, 3.05) is 0 Å². The van der Waals surface area contributed by atoms with Crippen molar-refractivity contribution in [3.63, 3.8) is 0 Å². The second-order valence-electron chi connectivity index (χ2n) is 11.3. The molecule has 4 rings (SSSR count). The van der Waals surface area contributed by atoms with Gasteiger partial charge < -0.3 is 10.4 Å². The minimum atomic E-state index is -0.588. The minimum absolute atomic E-state index is 0.126. The van der Waals surface area contributed by atoms with E-state index in [2.05, 4.69) is 33.0 Å². The van der Waals surface area contributed by atoms with Crippen LogP contribution < -0.4 is 5.32 Å². The molecule has 0 radical (unpaired) electrons. The molecular weight excluding hydrogens is 350 g/mol. The molecule has 4 fully saturated rings. The van der Waals surface area contributed by atoms with Crippen molar-refractivity contribution >= 4 is 11.9 Å². The van der Waals surface area contributed by atoms with Gasteiger partial charge in [-0.1, -0.05) is 13.8 Å². The normalized spacial score (nSPS) is 47.8. The van der Waals surface area contributed by atoms with Crippen molar-refractivity contribution in [1.82, 2.24) is 5.32 Å². The lowest BCUT2D eigenvalue weighted by Gasteiger charge is -2.61. The molecule has 1 amide bonds. The Morgan fingerprint density at radius 1 is 0.929 bits per heavy atom. The Hall–Kier alpha value is -1.06. The summed E-state index contributed by atoms with van der Waals surface area (Å²) in [6.45, 7) is 8.99. The fourth-order valence-corrected chi connectivity index (χ4v) is 8.30. The van der Waals surface area contributed by atoms with E-state index in [-0.39, 0.29) is 29.2 Å². The smallest absolute Gasteiger partial charge is 0.306 e. The zero-order chi connectivity index (χ0) is 20.3. The van der Waals surface area contributed by atoms with Crippen LogP contribution in [0.4, 0.5) is 0 Å². The first kappa shape index (κ1) is 20.2. The van der Waals surface area contributed by atoms with Crippen LogP contribution in [0, 0.1) is 46.3 Å². The van der Waals surface area contributed by atoms with Crippen molar-refractivity contribution in [2.45, 2.75) is 91.5 Å². The van der Waals surface area contributed by atoms with E-state index in [0.29, 0.717) is 17.3 Å². The van der Waals surface area contributed by atoms with E-state index < -0.39 is 5.97 Å². The maximum atomic E-state index is 12.9. The third-order valence-corrected chi connectivity index (χ3v) is 9.76. The Kier molecular flexibility index (Phi) is 5.07. The summed E-state index contributed by atoms with van der Waals surface area (Å²) in [4.78, 5) is 24.4. The van der Waals surface area contributed by atoms with Gasteiger partial charge in [-0.15, -0.1) is 0 Å². The molecule has 0 spiro atoms. The standard InChI is InChI=1S/C24H39NO3/c1-14(2)25-21(26)20-8-7-18-17-6-5-16-13-15(22(27)28)9-11-23(16,3)19(17)10-12-24(18,20)4/h14-20H,5-13H2,1-4H3,(H,25,26)(H,27,28)/t15-,16-,17-,18-,19-,20+,23-,24-/m0/s1. The highest BCUT2D eigenvalue weighted by Gasteiger charge is 2.61. The number of hydrogen-bond donors (Lipinski definition) is 2. The van der Waals surface area contributed by atoms with E-state index in [0.717, 1.165) is 37.5 Å². The molecule has 0 bridgehead atoms. The fourth-order valence-electron chi connectivity index (χ4n) is 8.30. The number of amides is 1. The molecule has 158 valence electrons. The van der Waals surface area contributed by atoms with Crippen molar-refractivity contribution in [3.8, 4) is 0 Å². The van der Waals surface area contributed by atoms with Gasteiger partial charge in [0.05, 0.1) is 5.92 Å². The van der Waals surface area contributed by atoms with E-state index >= 15 is 0 Å². The average molecular weight is 390 g/mol. The Morgan fingerprint density at radius 3 is 2.29 bits per heavy atom. The van der Waals surface area contributed by atoms with Crippen molar-refractivity contribution in [2.24, 2.45) is 46.3 Å². The number of nitrogens with one attached hydrogen (secondary N) is 1. The molecule has 4 nitrogen and oxygen atoms in total. The number of aliphatic carboxylic acids is 1. The lowest BCUT2D eigenvalue weighted by molar-refractivity contribution is -0.152. The highest BCUT2D eigenvalue weighted by molar-refractivity contribution is 5.80. The van der Waals surface area contributed by atoms with Gasteiger partial charge in [0.2, 0.25) is 5.91 Å². The Morgan fingerprint density at radius 2 is 1.61 bits per heavy atom. The van der Waals surface area contributed by atoms with Crippen LogP contribution in [-0.4, -0.2) is 23.0 Å². The van der Waals surface area contributed by atoms with Crippen molar-refractivity contribution < 1.29 is 14.7 Å². The summed E-state index contributed by atoms with van der Waals surface area (Å²) >= 11 is 0. The molecule has 28 heavy (non-hydrogen) atoms. The van der Waals surface area contributed by atoms with Gasteiger partial charge in [-0.05, 0) is 106 Å². The zero-order valence-corrected chi connectivity index (χ0v) is 18.2. The van der Waals surface area contributed by atoms with Crippen LogP contribution in [0.3, 0.4) is 0 Å². The Balaban J connectivity index is 1.53. The molecule has 0 aromatic rings. The van der Waals surface area contributed by atoms with Crippen LogP contribution in [0.25, 0.3) is 0 Å². The molecule has 2 N–H and O–H groups in total.